The van der Waals surface area contributed by atoms with Crippen molar-refractivity contribution in [2.75, 3.05) is 6.54 Å². The molecule has 0 amide bonds. The maximum absolute atomic E-state index is 13.0. The van der Waals surface area contributed by atoms with Gasteiger partial charge in [-0.05, 0) is 57.4 Å². The van der Waals surface area contributed by atoms with Crippen molar-refractivity contribution in [1.29, 1.82) is 0 Å². The van der Waals surface area contributed by atoms with Crippen molar-refractivity contribution in [3.8, 4) is 0 Å². The van der Waals surface area contributed by atoms with Gasteiger partial charge in [-0.15, -0.1) is 0 Å². The lowest BCUT2D eigenvalue weighted by atomic mass is 9.97. The summed E-state index contributed by atoms with van der Waals surface area (Å²) in [6.45, 7) is 9.56. The van der Waals surface area contributed by atoms with E-state index in [2.05, 4.69) is 33.0 Å². The van der Waals surface area contributed by atoms with Crippen molar-refractivity contribution in [3.05, 3.63) is 35.6 Å². The molecule has 1 aromatic rings. The molecule has 0 radical (unpaired) electrons. The average molecular weight is 223 g/mol. The van der Waals surface area contributed by atoms with Crippen LogP contribution in [0.1, 0.15) is 45.6 Å². The highest BCUT2D eigenvalue weighted by Gasteiger charge is 2.10. The van der Waals surface area contributed by atoms with E-state index in [-0.39, 0.29) is 11.4 Å². The molecule has 1 unspecified atom stereocenters. The first-order valence-electron chi connectivity index (χ1n) is 5.89. The van der Waals surface area contributed by atoms with Gasteiger partial charge in [0.2, 0.25) is 0 Å². The number of halogens is 1. The Morgan fingerprint density at radius 3 is 2.56 bits per heavy atom. The number of rotatable bonds is 4. The second kappa shape index (κ2) is 5.44. The summed E-state index contributed by atoms with van der Waals surface area (Å²) in [6.07, 6.45) is 1.03. The zero-order chi connectivity index (χ0) is 12.2. The van der Waals surface area contributed by atoms with Crippen LogP contribution in [0.4, 0.5) is 4.39 Å². The van der Waals surface area contributed by atoms with Gasteiger partial charge in [0.1, 0.15) is 5.82 Å². The van der Waals surface area contributed by atoms with Gasteiger partial charge < -0.3 is 5.32 Å². The minimum absolute atomic E-state index is 0.145. The lowest BCUT2D eigenvalue weighted by Gasteiger charge is -2.22. The van der Waals surface area contributed by atoms with Crippen molar-refractivity contribution < 1.29 is 4.39 Å². The molecule has 0 saturated carbocycles. The largest absolute Gasteiger partial charge is 0.312 e. The van der Waals surface area contributed by atoms with Crippen LogP contribution >= 0.6 is 0 Å². The lowest BCUT2D eigenvalue weighted by molar-refractivity contribution is 0.413. The Morgan fingerprint density at radius 2 is 2.00 bits per heavy atom. The topological polar surface area (TPSA) is 12.0 Å². The molecule has 1 N–H and O–H groups in total. The van der Waals surface area contributed by atoms with Gasteiger partial charge in [0.15, 0.2) is 0 Å². The normalized spacial score (nSPS) is 13.8. The smallest absolute Gasteiger partial charge is 0.123 e. The van der Waals surface area contributed by atoms with Gasteiger partial charge in [0, 0.05) is 5.54 Å². The molecule has 16 heavy (non-hydrogen) atoms. The third kappa shape index (κ3) is 4.75. The average Bonchev–Trinajstić information content (AvgIpc) is 2.15. The first-order valence-corrected chi connectivity index (χ1v) is 5.89. The Morgan fingerprint density at radius 1 is 1.31 bits per heavy atom. The zero-order valence-electron chi connectivity index (χ0n) is 10.7. The Balaban J connectivity index is 2.44. The van der Waals surface area contributed by atoms with Crippen LogP contribution in [-0.2, 0) is 0 Å². The second-order valence-corrected chi connectivity index (χ2v) is 5.42. The van der Waals surface area contributed by atoms with Gasteiger partial charge in [0.25, 0.3) is 0 Å². The number of benzene rings is 1. The lowest BCUT2D eigenvalue weighted by Crippen LogP contribution is -2.36. The van der Waals surface area contributed by atoms with Crippen molar-refractivity contribution in [1.82, 2.24) is 5.32 Å². The van der Waals surface area contributed by atoms with Gasteiger partial charge in [-0.25, -0.2) is 4.39 Å². The number of hydrogen-bond donors (Lipinski definition) is 1. The van der Waals surface area contributed by atoms with E-state index in [1.54, 1.807) is 12.1 Å². The van der Waals surface area contributed by atoms with Crippen LogP contribution < -0.4 is 5.32 Å². The highest BCUT2D eigenvalue weighted by Crippen LogP contribution is 2.19. The van der Waals surface area contributed by atoms with Gasteiger partial charge in [-0.1, -0.05) is 19.1 Å². The molecule has 1 nitrogen and oxygen atoms in total. The van der Waals surface area contributed by atoms with E-state index in [0.29, 0.717) is 5.92 Å². The maximum atomic E-state index is 13.0. The summed E-state index contributed by atoms with van der Waals surface area (Å²) in [5.74, 6) is 0.249. The van der Waals surface area contributed by atoms with Crippen LogP contribution in [0, 0.1) is 5.82 Å². The Bertz CT molecular complexity index is 328. The highest BCUT2D eigenvalue weighted by atomic mass is 19.1. The first kappa shape index (κ1) is 13.2. The molecule has 90 valence electrons. The predicted octanol–water partition coefficient (Wildman–Crippen LogP) is 3.71. The van der Waals surface area contributed by atoms with E-state index in [1.165, 1.54) is 6.07 Å². The Kier molecular flexibility index (Phi) is 4.48. The third-order valence-electron chi connectivity index (χ3n) is 2.65. The van der Waals surface area contributed by atoms with Crippen molar-refractivity contribution in [3.63, 3.8) is 0 Å². The maximum Gasteiger partial charge on any atom is 0.123 e. The summed E-state index contributed by atoms with van der Waals surface area (Å²) in [5.41, 5.74) is 1.23. The van der Waals surface area contributed by atoms with Crippen molar-refractivity contribution >= 4 is 0 Å². The van der Waals surface area contributed by atoms with E-state index in [9.17, 15) is 4.39 Å². The molecule has 0 aliphatic carbocycles. The predicted molar refractivity (Wildman–Crippen MR) is 67.2 cm³/mol. The van der Waals surface area contributed by atoms with E-state index in [4.69, 9.17) is 0 Å². The molecule has 0 spiro atoms. The molecule has 0 aromatic heterocycles. The molecule has 0 saturated heterocycles. The van der Waals surface area contributed by atoms with Gasteiger partial charge in [-0.2, -0.15) is 0 Å². The van der Waals surface area contributed by atoms with Gasteiger partial charge >= 0.3 is 0 Å². The van der Waals surface area contributed by atoms with Gasteiger partial charge in [0.05, 0.1) is 0 Å². The number of hydrogen-bond acceptors (Lipinski definition) is 1. The molecule has 1 rings (SSSR count). The van der Waals surface area contributed by atoms with E-state index in [0.717, 1.165) is 18.5 Å². The minimum atomic E-state index is -0.145. The standard InChI is InChI=1S/C14H22FN/c1-11(8-9-16-14(2,3)4)12-6-5-7-13(15)10-12/h5-7,10-11,16H,8-9H2,1-4H3. The molecule has 0 fully saturated rings. The molecule has 0 heterocycles. The van der Waals surface area contributed by atoms with E-state index in [1.807, 2.05) is 6.07 Å². The SMILES string of the molecule is CC(CCNC(C)(C)C)c1cccc(F)c1. The summed E-state index contributed by atoms with van der Waals surface area (Å²) >= 11 is 0. The molecule has 2 heteroatoms. The summed E-state index contributed by atoms with van der Waals surface area (Å²) < 4.78 is 13.0. The fourth-order valence-electron chi connectivity index (χ4n) is 1.64. The highest BCUT2D eigenvalue weighted by molar-refractivity contribution is 5.19. The van der Waals surface area contributed by atoms with Crippen molar-refractivity contribution in [2.45, 2.75) is 45.6 Å². The molecular weight excluding hydrogens is 201 g/mol. The molecule has 1 atom stereocenters. The molecule has 1 aromatic carbocycles. The first-order chi connectivity index (χ1) is 7.38. The van der Waals surface area contributed by atoms with Crippen LogP contribution in [0.3, 0.4) is 0 Å². The second-order valence-electron chi connectivity index (χ2n) is 5.42. The van der Waals surface area contributed by atoms with Crippen molar-refractivity contribution in [2.24, 2.45) is 0 Å². The van der Waals surface area contributed by atoms with Crippen LogP contribution in [0.2, 0.25) is 0 Å². The summed E-state index contributed by atoms with van der Waals surface area (Å²) in [4.78, 5) is 0. The van der Waals surface area contributed by atoms with E-state index < -0.39 is 0 Å². The monoisotopic (exact) mass is 223 g/mol. The van der Waals surface area contributed by atoms with Gasteiger partial charge in [-0.3, -0.25) is 0 Å². The third-order valence-corrected chi connectivity index (χ3v) is 2.65. The summed E-state index contributed by atoms with van der Waals surface area (Å²) in [5, 5.41) is 3.44. The van der Waals surface area contributed by atoms with E-state index >= 15 is 0 Å². The molecule has 0 bridgehead atoms. The Labute approximate surface area is 98.1 Å². The fourth-order valence-corrected chi connectivity index (χ4v) is 1.64. The summed E-state index contributed by atoms with van der Waals surface area (Å²) in [6, 6.07) is 6.88. The zero-order valence-corrected chi connectivity index (χ0v) is 10.7. The van der Waals surface area contributed by atoms with Crippen LogP contribution in [-0.4, -0.2) is 12.1 Å². The summed E-state index contributed by atoms with van der Waals surface area (Å²) in [7, 11) is 0. The molecular formula is C14H22FN. The van der Waals surface area contributed by atoms with Crippen LogP contribution in [0.25, 0.3) is 0 Å². The van der Waals surface area contributed by atoms with Crippen LogP contribution in [0.15, 0.2) is 24.3 Å². The molecule has 0 aliphatic rings. The minimum Gasteiger partial charge on any atom is -0.312 e. The quantitative estimate of drug-likeness (QED) is 0.820. The Hall–Kier alpha value is -0.890. The molecule has 0 aliphatic heterocycles. The van der Waals surface area contributed by atoms with Crippen LogP contribution in [0.5, 0.6) is 0 Å². The fraction of sp³-hybridized carbons (Fsp3) is 0.571. The number of nitrogens with one attached hydrogen (secondary N) is 1.